The lowest BCUT2D eigenvalue weighted by Gasteiger charge is -2.11. The molecule has 5 rings (SSSR count). The topological polar surface area (TPSA) is 54.9 Å². The number of hydrogen-bond donors (Lipinski definition) is 1. The van der Waals surface area contributed by atoms with Crippen molar-refractivity contribution in [2.75, 3.05) is 0 Å². The van der Waals surface area contributed by atoms with Crippen LogP contribution in [0.1, 0.15) is 15.9 Å². The predicted molar refractivity (Wildman–Crippen MR) is 128 cm³/mol. The molecule has 0 aliphatic heterocycles. The second kappa shape index (κ2) is 8.82. The predicted octanol–water partition coefficient (Wildman–Crippen LogP) is 5.89. The van der Waals surface area contributed by atoms with Gasteiger partial charge in [-0.2, -0.15) is 0 Å². The molecule has 0 aliphatic carbocycles. The second-order valence-corrected chi connectivity index (χ2v) is 7.52. The van der Waals surface area contributed by atoms with Gasteiger partial charge in [-0.15, -0.1) is 0 Å². The molecule has 0 saturated heterocycles. The zero-order valence-electron chi connectivity index (χ0n) is 17.4. The van der Waals surface area contributed by atoms with Crippen molar-refractivity contribution in [1.29, 1.82) is 0 Å². The minimum Gasteiger partial charge on any atom is -0.348 e. The van der Waals surface area contributed by atoms with Gasteiger partial charge in [0.05, 0.1) is 22.4 Å². The summed E-state index contributed by atoms with van der Waals surface area (Å²) in [6.07, 6.45) is 0. The molecule has 0 aliphatic rings. The Morgan fingerprint density at radius 3 is 1.75 bits per heavy atom. The fourth-order valence-electron chi connectivity index (χ4n) is 3.67. The first-order chi connectivity index (χ1) is 15.8. The van der Waals surface area contributed by atoms with Crippen molar-refractivity contribution in [2.24, 2.45) is 0 Å². The SMILES string of the molecule is O=C(NCc1ccccc1)c1ccc2nc(-c3ccccc3)c(-c3ccccc3)nc2c1. The van der Waals surface area contributed by atoms with Crippen LogP contribution < -0.4 is 5.32 Å². The van der Waals surface area contributed by atoms with Gasteiger partial charge in [-0.3, -0.25) is 4.79 Å². The minimum absolute atomic E-state index is 0.133. The van der Waals surface area contributed by atoms with E-state index in [4.69, 9.17) is 9.97 Å². The van der Waals surface area contributed by atoms with E-state index >= 15 is 0 Å². The van der Waals surface area contributed by atoms with Gasteiger partial charge in [0.15, 0.2) is 0 Å². The average Bonchev–Trinajstić information content (AvgIpc) is 2.88. The van der Waals surface area contributed by atoms with Crippen LogP contribution in [0.2, 0.25) is 0 Å². The van der Waals surface area contributed by atoms with Crippen LogP contribution in [-0.4, -0.2) is 15.9 Å². The van der Waals surface area contributed by atoms with Crippen LogP contribution in [0.25, 0.3) is 33.5 Å². The molecule has 0 fully saturated rings. The van der Waals surface area contributed by atoms with E-state index in [0.29, 0.717) is 17.6 Å². The zero-order chi connectivity index (χ0) is 21.8. The molecule has 1 N–H and O–H groups in total. The Kier molecular flexibility index (Phi) is 5.41. The first kappa shape index (κ1) is 19.6. The van der Waals surface area contributed by atoms with E-state index < -0.39 is 0 Å². The van der Waals surface area contributed by atoms with Gasteiger partial charge in [-0.1, -0.05) is 91.0 Å². The summed E-state index contributed by atoms with van der Waals surface area (Å²) in [7, 11) is 0. The summed E-state index contributed by atoms with van der Waals surface area (Å²) in [6.45, 7) is 0.478. The molecule has 32 heavy (non-hydrogen) atoms. The summed E-state index contributed by atoms with van der Waals surface area (Å²) in [5.41, 5.74) is 6.68. The number of aromatic nitrogens is 2. The Balaban J connectivity index is 1.54. The number of hydrogen-bond acceptors (Lipinski definition) is 3. The Labute approximate surface area is 186 Å². The van der Waals surface area contributed by atoms with Crippen LogP contribution in [0.3, 0.4) is 0 Å². The fourth-order valence-corrected chi connectivity index (χ4v) is 3.67. The third-order valence-corrected chi connectivity index (χ3v) is 5.32. The molecule has 4 heteroatoms. The molecule has 1 heterocycles. The van der Waals surface area contributed by atoms with E-state index in [1.165, 1.54) is 0 Å². The molecule has 0 saturated carbocycles. The van der Waals surface area contributed by atoms with Crippen molar-refractivity contribution < 1.29 is 4.79 Å². The van der Waals surface area contributed by atoms with Gasteiger partial charge in [-0.25, -0.2) is 9.97 Å². The minimum atomic E-state index is -0.133. The van der Waals surface area contributed by atoms with Gasteiger partial charge in [-0.05, 0) is 23.8 Å². The summed E-state index contributed by atoms with van der Waals surface area (Å²) < 4.78 is 0. The maximum Gasteiger partial charge on any atom is 0.251 e. The highest BCUT2D eigenvalue weighted by Gasteiger charge is 2.14. The van der Waals surface area contributed by atoms with E-state index in [1.807, 2.05) is 103 Å². The van der Waals surface area contributed by atoms with Crippen LogP contribution in [0, 0.1) is 0 Å². The number of carbonyl (C=O) groups is 1. The number of fused-ring (bicyclic) bond motifs is 1. The quantitative estimate of drug-likeness (QED) is 0.389. The third-order valence-electron chi connectivity index (χ3n) is 5.32. The summed E-state index contributed by atoms with van der Waals surface area (Å²) in [5.74, 6) is -0.133. The zero-order valence-corrected chi connectivity index (χ0v) is 17.4. The first-order valence-corrected chi connectivity index (χ1v) is 10.5. The summed E-state index contributed by atoms with van der Waals surface area (Å²) in [5, 5.41) is 2.98. The van der Waals surface area contributed by atoms with Gasteiger partial charge in [0.2, 0.25) is 0 Å². The number of nitrogens with one attached hydrogen (secondary N) is 1. The number of rotatable bonds is 5. The first-order valence-electron chi connectivity index (χ1n) is 10.5. The lowest BCUT2D eigenvalue weighted by atomic mass is 10.0. The molecule has 0 radical (unpaired) electrons. The molecular weight excluding hydrogens is 394 g/mol. The van der Waals surface area contributed by atoms with Crippen LogP contribution >= 0.6 is 0 Å². The molecule has 1 aromatic heterocycles. The fraction of sp³-hybridized carbons (Fsp3) is 0.0357. The molecule has 154 valence electrons. The van der Waals surface area contributed by atoms with Gasteiger partial charge < -0.3 is 5.32 Å². The normalized spacial score (nSPS) is 10.8. The molecule has 4 nitrogen and oxygen atoms in total. The lowest BCUT2D eigenvalue weighted by Crippen LogP contribution is -2.22. The van der Waals surface area contributed by atoms with Crippen molar-refractivity contribution in [2.45, 2.75) is 6.54 Å². The van der Waals surface area contributed by atoms with Crippen molar-refractivity contribution in [1.82, 2.24) is 15.3 Å². The van der Waals surface area contributed by atoms with Crippen molar-refractivity contribution in [3.63, 3.8) is 0 Å². The molecule has 5 aromatic rings. The average molecular weight is 415 g/mol. The highest BCUT2D eigenvalue weighted by Crippen LogP contribution is 2.31. The summed E-state index contributed by atoms with van der Waals surface area (Å²) in [6, 6.07) is 35.4. The molecule has 0 spiro atoms. The van der Waals surface area contributed by atoms with Crippen LogP contribution in [-0.2, 0) is 6.54 Å². The van der Waals surface area contributed by atoms with Crippen molar-refractivity contribution in [3.8, 4) is 22.5 Å². The standard InChI is InChI=1S/C28H21N3O/c32-28(29-19-20-10-4-1-5-11-20)23-16-17-24-25(18-23)31-27(22-14-8-3-9-15-22)26(30-24)21-12-6-2-7-13-21/h1-18H,19H2,(H,29,32). The number of benzene rings is 4. The van der Waals surface area contributed by atoms with E-state index in [2.05, 4.69) is 5.32 Å². The van der Waals surface area contributed by atoms with E-state index in [1.54, 1.807) is 6.07 Å². The monoisotopic (exact) mass is 415 g/mol. The summed E-state index contributed by atoms with van der Waals surface area (Å²) in [4.78, 5) is 22.6. The Bertz CT molecular complexity index is 1370. The van der Waals surface area contributed by atoms with Gasteiger partial charge in [0, 0.05) is 23.2 Å². The third kappa shape index (κ3) is 4.12. The largest absolute Gasteiger partial charge is 0.348 e. The molecule has 0 bridgehead atoms. The smallest absolute Gasteiger partial charge is 0.251 e. The molecular formula is C28H21N3O. The Morgan fingerprint density at radius 1 is 0.625 bits per heavy atom. The van der Waals surface area contributed by atoms with E-state index in [-0.39, 0.29) is 5.91 Å². The van der Waals surface area contributed by atoms with Crippen LogP contribution in [0.4, 0.5) is 0 Å². The molecule has 4 aromatic carbocycles. The lowest BCUT2D eigenvalue weighted by molar-refractivity contribution is 0.0951. The Hall–Kier alpha value is -4.31. The van der Waals surface area contributed by atoms with Gasteiger partial charge in [0.1, 0.15) is 0 Å². The number of nitrogens with zero attached hydrogens (tertiary/aromatic N) is 2. The number of amides is 1. The molecule has 0 unspecified atom stereocenters. The maximum atomic E-state index is 12.7. The van der Waals surface area contributed by atoms with Gasteiger partial charge >= 0.3 is 0 Å². The highest BCUT2D eigenvalue weighted by molar-refractivity contribution is 5.98. The molecule has 1 amide bonds. The van der Waals surface area contributed by atoms with Crippen LogP contribution in [0.5, 0.6) is 0 Å². The van der Waals surface area contributed by atoms with E-state index in [9.17, 15) is 4.79 Å². The van der Waals surface area contributed by atoms with E-state index in [0.717, 1.165) is 33.6 Å². The van der Waals surface area contributed by atoms with Gasteiger partial charge in [0.25, 0.3) is 5.91 Å². The van der Waals surface area contributed by atoms with Crippen molar-refractivity contribution >= 4 is 16.9 Å². The molecule has 0 atom stereocenters. The highest BCUT2D eigenvalue weighted by atomic mass is 16.1. The second-order valence-electron chi connectivity index (χ2n) is 7.52. The van der Waals surface area contributed by atoms with Crippen LogP contribution in [0.15, 0.2) is 109 Å². The summed E-state index contributed by atoms with van der Waals surface area (Å²) >= 11 is 0. The van der Waals surface area contributed by atoms with Crippen molar-refractivity contribution in [3.05, 3.63) is 120 Å². The number of carbonyl (C=O) groups excluding carboxylic acids is 1. The Morgan fingerprint density at radius 2 is 1.16 bits per heavy atom. The maximum absolute atomic E-state index is 12.7.